The molecular formula is C13H13BrN2O2S. The smallest absolute Gasteiger partial charge is 0.261 e. The number of hydrogen-bond acceptors (Lipinski definition) is 3. The van der Waals surface area contributed by atoms with Crippen LogP contribution < -0.4 is 4.72 Å². The van der Waals surface area contributed by atoms with Crippen LogP contribution in [0.15, 0.2) is 53.7 Å². The fraction of sp³-hybridized carbons (Fsp3) is 0.154. The molecule has 4 nitrogen and oxygen atoms in total. The Kier molecular flexibility index (Phi) is 4.55. The van der Waals surface area contributed by atoms with Crippen LogP contribution in [0.2, 0.25) is 0 Å². The Morgan fingerprint density at radius 3 is 2.47 bits per heavy atom. The van der Waals surface area contributed by atoms with Crippen LogP contribution >= 0.6 is 15.9 Å². The van der Waals surface area contributed by atoms with Gasteiger partial charge in [0, 0.05) is 11.5 Å². The molecule has 0 radical (unpaired) electrons. The number of pyridine rings is 1. The van der Waals surface area contributed by atoms with Gasteiger partial charge in [-0.25, -0.2) is 8.42 Å². The lowest BCUT2D eigenvalue weighted by Crippen LogP contribution is -2.13. The van der Waals surface area contributed by atoms with Crippen molar-refractivity contribution in [1.29, 1.82) is 0 Å². The van der Waals surface area contributed by atoms with E-state index in [9.17, 15) is 8.42 Å². The van der Waals surface area contributed by atoms with Gasteiger partial charge < -0.3 is 0 Å². The van der Waals surface area contributed by atoms with E-state index >= 15 is 0 Å². The van der Waals surface area contributed by atoms with Gasteiger partial charge in [0.05, 0.1) is 16.8 Å². The highest BCUT2D eigenvalue weighted by Gasteiger charge is 2.13. The average Bonchev–Trinajstić information content (AvgIpc) is 2.40. The minimum atomic E-state index is -3.55. The van der Waals surface area contributed by atoms with E-state index in [0.29, 0.717) is 5.69 Å². The molecule has 0 fully saturated rings. The molecule has 0 aliphatic rings. The van der Waals surface area contributed by atoms with Gasteiger partial charge in [-0.2, -0.15) is 0 Å². The van der Waals surface area contributed by atoms with Crippen LogP contribution in [0.3, 0.4) is 0 Å². The number of aryl methyl sites for hydroxylation is 1. The first-order valence-electron chi connectivity index (χ1n) is 5.69. The lowest BCUT2D eigenvalue weighted by atomic mass is 10.2. The SMILES string of the molecule is O=S(=O)(Nc1cccnc1)c1ccc(CCBr)cc1. The van der Waals surface area contributed by atoms with E-state index in [4.69, 9.17) is 0 Å². The van der Waals surface area contributed by atoms with Crippen molar-refractivity contribution in [2.75, 3.05) is 10.1 Å². The van der Waals surface area contributed by atoms with Gasteiger partial charge in [-0.05, 0) is 36.2 Å². The maximum Gasteiger partial charge on any atom is 0.261 e. The standard InChI is InChI=1S/C13H13BrN2O2S/c14-8-7-11-3-5-13(6-4-11)19(17,18)16-12-2-1-9-15-10-12/h1-6,9-10,16H,7-8H2. The van der Waals surface area contributed by atoms with Crippen molar-refractivity contribution < 1.29 is 8.42 Å². The van der Waals surface area contributed by atoms with Crippen molar-refractivity contribution in [3.05, 3.63) is 54.4 Å². The first-order chi connectivity index (χ1) is 9.12. The van der Waals surface area contributed by atoms with Gasteiger partial charge in [-0.15, -0.1) is 0 Å². The molecule has 0 saturated heterocycles. The van der Waals surface area contributed by atoms with E-state index in [2.05, 4.69) is 25.6 Å². The van der Waals surface area contributed by atoms with Crippen molar-refractivity contribution in [3.8, 4) is 0 Å². The Bertz CT molecular complexity index is 627. The molecule has 1 aromatic carbocycles. The molecule has 2 aromatic rings. The van der Waals surface area contributed by atoms with Crippen molar-refractivity contribution in [3.63, 3.8) is 0 Å². The summed E-state index contributed by atoms with van der Waals surface area (Å²) in [7, 11) is -3.55. The lowest BCUT2D eigenvalue weighted by Gasteiger charge is -2.08. The molecule has 19 heavy (non-hydrogen) atoms. The first kappa shape index (κ1) is 14.0. The quantitative estimate of drug-likeness (QED) is 0.851. The number of alkyl halides is 1. The number of aromatic nitrogens is 1. The van der Waals surface area contributed by atoms with Crippen LogP contribution in [0.25, 0.3) is 0 Å². The Labute approximate surface area is 121 Å². The molecule has 1 N–H and O–H groups in total. The molecule has 0 aliphatic carbocycles. The Hall–Kier alpha value is -1.40. The molecular weight excluding hydrogens is 328 g/mol. The second kappa shape index (κ2) is 6.16. The average molecular weight is 341 g/mol. The molecule has 0 unspecified atom stereocenters. The summed E-state index contributed by atoms with van der Waals surface area (Å²) in [6.45, 7) is 0. The highest BCUT2D eigenvalue weighted by molar-refractivity contribution is 9.09. The molecule has 0 aliphatic heterocycles. The lowest BCUT2D eigenvalue weighted by molar-refractivity contribution is 0.601. The zero-order valence-corrected chi connectivity index (χ0v) is 12.5. The Morgan fingerprint density at radius 2 is 1.89 bits per heavy atom. The number of rotatable bonds is 5. The highest BCUT2D eigenvalue weighted by Crippen LogP contribution is 2.16. The van der Waals surface area contributed by atoms with Gasteiger partial charge >= 0.3 is 0 Å². The molecule has 0 bridgehead atoms. The molecule has 1 heterocycles. The number of halogens is 1. The van der Waals surface area contributed by atoms with E-state index in [1.165, 1.54) is 6.20 Å². The third-order valence-electron chi connectivity index (χ3n) is 2.53. The summed E-state index contributed by atoms with van der Waals surface area (Å²) in [4.78, 5) is 4.11. The molecule has 2 rings (SSSR count). The third-order valence-corrected chi connectivity index (χ3v) is 4.32. The number of nitrogens with zero attached hydrogens (tertiary/aromatic N) is 1. The van der Waals surface area contributed by atoms with Gasteiger partial charge in [0.15, 0.2) is 0 Å². The van der Waals surface area contributed by atoms with Crippen LogP contribution in [-0.4, -0.2) is 18.7 Å². The Morgan fingerprint density at radius 1 is 1.16 bits per heavy atom. The largest absolute Gasteiger partial charge is 0.278 e. The van der Waals surface area contributed by atoms with Crippen LogP contribution in [0.5, 0.6) is 0 Å². The summed E-state index contributed by atoms with van der Waals surface area (Å²) < 4.78 is 26.7. The summed E-state index contributed by atoms with van der Waals surface area (Å²) in [5, 5.41) is 0.854. The number of nitrogens with one attached hydrogen (secondary N) is 1. The van der Waals surface area contributed by atoms with E-state index in [1.54, 1.807) is 30.5 Å². The predicted molar refractivity (Wildman–Crippen MR) is 79.0 cm³/mol. The van der Waals surface area contributed by atoms with E-state index in [-0.39, 0.29) is 4.90 Å². The third kappa shape index (κ3) is 3.78. The summed E-state index contributed by atoms with van der Waals surface area (Å²) >= 11 is 3.35. The van der Waals surface area contributed by atoms with Gasteiger partial charge in [0.25, 0.3) is 10.0 Å². The van der Waals surface area contributed by atoms with Crippen molar-refractivity contribution in [2.45, 2.75) is 11.3 Å². The van der Waals surface area contributed by atoms with Crippen LogP contribution in [0, 0.1) is 0 Å². The second-order valence-electron chi connectivity index (χ2n) is 3.93. The number of anilines is 1. The number of hydrogen-bond donors (Lipinski definition) is 1. The fourth-order valence-electron chi connectivity index (χ4n) is 1.58. The monoisotopic (exact) mass is 340 g/mol. The summed E-state index contributed by atoms with van der Waals surface area (Å²) in [5.41, 5.74) is 1.55. The zero-order chi connectivity index (χ0) is 13.7. The molecule has 0 amide bonds. The minimum absolute atomic E-state index is 0.245. The van der Waals surface area contributed by atoms with Gasteiger partial charge in [0.2, 0.25) is 0 Å². The maximum atomic E-state index is 12.1. The molecule has 1 aromatic heterocycles. The van der Waals surface area contributed by atoms with Gasteiger partial charge in [-0.3, -0.25) is 9.71 Å². The maximum absolute atomic E-state index is 12.1. The van der Waals surface area contributed by atoms with E-state index < -0.39 is 10.0 Å². The fourth-order valence-corrected chi connectivity index (χ4v) is 3.08. The summed E-state index contributed by atoms with van der Waals surface area (Å²) in [6.07, 6.45) is 3.93. The topological polar surface area (TPSA) is 59.1 Å². The normalized spacial score (nSPS) is 11.2. The second-order valence-corrected chi connectivity index (χ2v) is 6.41. The van der Waals surface area contributed by atoms with Crippen molar-refractivity contribution >= 4 is 31.6 Å². The summed E-state index contributed by atoms with van der Waals surface area (Å²) in [6, 6.07) is 10.2. The van der Waals surface area contributed by atoms with E-state index in [0.717, 1.165) is 17.3 Å². The first-order valence-corrected chi connectivity index (χ1v) is 8.30. The zero-order valence-electron chi connectivity index (χ0n) is 10.1. The number of sulfonamides is 1. The molecule has 100 valence electrons. The predicted octanol–water partition coefficient (Wildman–Crippen LogP) is 2.82. The van der Waals surface area contributed by atoms with Crippen LogP contribution in [0.1, 0.15) is 5.56 Å². The van der Waals surface area contributed by atoms with Gasteiger partial charge in [-0.1, -0.05) is 28.1 Å². The number of benzene rings is 1. The molecule has 6 heteroatoms. The molecule has 0 atom stereocenters. The van der Waals surface area contributed by atoms with Crippen molar-refractivity contribution in [1.82, 2.24) is 4.98 Å². The minimum Gasteiger partial charge on any atom is -0.278 e. The van der Waals surface area contributed by atoms with Gasteiger partial charge in [0.1, 0.15) is 0 Å². The highest BCUT2D eigenvalue weighted by atomic mass is 79.9. The molecule has 0 spiro atoms. The van der Waals surface area contributed by atoms with Crippen LogP contribution in [0.4, 0.5) is 5.69 Å². The van der Waals surface area contributed by atoms with Crippen LogP contribution in [-0.2, 0) is 16.4 Å². The van der Waals surface area contributed by atoms with E-state index in [1.807, 2.05) is 12.1 Å². The summed E-state index contributed by atoms with van der Waals surface area (Å²) in [5.74, 6) is 0. The molecule has 0 saturated carbocycles. The Balaban J connectivity index is 2.20. The van der Waals surface area contributed by atoms with Crippen molar-refractivity contribution in [2.24, 2.45) is 0 Å².